The first-order valence-electron chi connectivity index (χ1n) is 17.5. The maximum absolute atomic E-state index is 12.7. The molecule has 1 amide bonds. The summed E-state index contributed by atoms with van der Waals surface area (Å²) in [5.41, 5.74) is 14.3. The number of aromatic amines is 1. The molecule has 7 rings (SSSR count). The van der Waals surface area contributed by atoms with Crippen molar-refractivity contribution in [3.05, 3.63) is 79.8 Å². The van der Waals surface area contributed by atoms with Crippen molar-refractivity contribution >= 4 is 40.4 Å². The molecule has 0 spiro atoms. The van der Waals surface area contributed by atoms with E-state index in [-0.39, 0.29) is 186 Å². The average molecular weight is 1120 g/mol. The number of fused-ring (bicyclic) bond motifs is 7. The Morgan fingerprint density at radius 2 is 1.31 bits per heavy atom. The monoisotopic (exact) mass is 1120 g/mol. The number of carbonyl (C=O) groups excluding carboxylic acids is 1. The number of ether oxygens (including phenoxy) is 5. The van der Waals surface area contributed by atoms with E-state index < -0.39 is 22.5 Å². The van der Waals surface area contributed by atoms with Gasteiger partial charge in [0, 0.05) is 144 Å². The Morgan fingerprint density at radius 3 is 1.88 bits per heavy atom. The van der Waals surface area contributed by atoms with Crippen LogP contribution in [0.25, 0.3) is 11.2 Å². The number of rotatable bonds is 2. The van der Waals surface area contributed by atoms with E-state index in [0.29, 0.717) is 62.0 Å². The van der Waals surface area contributed by atoms with E-state index >= 15 is 0 Å². The minimum Gasteiger partial charge on any atom is -0.463 e. The SMILES string of the molecule is CCOC(=O)N1Cc2cccc(n2)COCCCCOc2nc(N)c([N+](=O)[O-])c1n2.Nc1nc2nc3c1[nH]c(=O)n3Cc1cccc(n1)COCCCCO2.[Y].[Y].[Y].[Y]. The Hall–Kier alpha value is -2.06. The minimum atomic E-state index is -0.836. The summed E-state index contributed by atoms with van der Waals surface area (Å²) in [5.74, 6) is -0.548. The summed E-state index contributed by atoms with van der Waals surface area (Å²) in [6.07, 6.45) is 2.19. The molecule has 5 aromatic rings. The summed E-state index contributed by atoms with van der Waals surface area (Å²) >= 11 is 0. The second-order valence-electron chi connectivity index (χ2n) is 12.2. The normalized spacial score (nSPS) is 14.1. The Bertz CT molecular complexity index is 2220. The van der Waals surface area contributed by atoms with Crippen LogP contribution in [-0.2, 0) is 171 Å². The van der Waals surface area contributed by atoms with Crippen LogP contribution in [0.4, 0.5) is 27.9 Å². The first kappa shape index (κ1) is 53.1. The van der Waals surface area contributed by atoms with Gasteiger partial charge in [0.1, 0.15) is 5.52 Å². The molecule has 0 aliphatic carbocycles. The second kappa shape index (κ2) is 26.4. The van der Waals surface area contributed by atoms with Crippen molar-refractivity contribution in [3.63, 3.8) is 0 Å². The van der Waals surface area contributed by atoms with Crippen LogP contribution in [0.3, 0.4) is 0 Å². The zero-order valence-corrected chi connectivity index (χ0v) is 43.7. The van der Waals surface area contributed by atoms with E-state index in [1.165, 1.54) is 4.57 Å². The molecule has 2 aliphatic heterocycles. The summed E-state index contributed by atoms with van der Waals surface area (Å²) in [4.78, 5) is 65.0. The molecule has 4 radical (unpaired) electrons. The molecule has 0 aromatic carbocycles. The van der Waals surface area contributed by atoms with Gasteiger partial charge < -0.3 is 40.1 Å². The summed E-state index contributed by atoms with van der Waals surface area (Å²) in [5, 5.41) is 11.7. The Kier molecular flexibility index (Phi) is 23.8. The number of nitrogens with two attached hydrogens (primary N) is 2. The second-order valence-corrected chi connectivity index (χ2v) is 12.2. The standard InChI is InChI=1S/C18H22N6O6.C16H18N6O3.4Y/c1-2-29-18(25)23-10-12-6-5-7-13(20-12)11-28-8-3-4-9-30-17-21-15(19)14(24(26)27)16(23)22-17;17-13-12-14-21-15(20-13)25-7-2-1-6-24-9-11-5-3-4-10(18-11)8-22(14)16(23)19-12;;;;/h5-7H,2-4,8-11H2,1H3,(H2,19,21,22);3-5H,1-2,6-9H2,(H,19,23)(H2,17,20,21);;;;. The van der Waals surface area contributed by atoms with Crippen molar-refractivity contribution in [1.29, 1.82) is 0 Å². The quantitative estimate of drug-likeness (QED) is 0.169. The molecule has 59 heavy (non-hydrogen) atoms. The van der Waals surface area contributed by atoms with Gasteiger partial charge >= 0.3 is 29.5 Å². The molecule has 8 bridgehead atoms. The van der Waals surface area contributed by atoms with E-state index in [9.17, 15) is 19.7 Å². The fourth-order valence-corrected chi connectivity index (χ4v) is 5.55. The van der Waals surface area contributed by atoms with Crippen molar-refractivity contribution in [3.8, 4) is 12.0 Å². The number of nitrogens with zero attached hydrogens (tertiary/aromatic N) is 9. The molecule has 25 heteroatoms. The molecule has 0 atom stereocenters. The third-order valence-corrected chi connectivity index (χ3v) is 8.13. The number of amides is 1. The predicted octanol–water partition coefficient (Wildman–Crippen LogP) is 3.04. The molecular formula is C34H40N12O9Y4. The summed E-state index contributed by atoms with van der Waals surface area (Å²) in [6, 6.07) is 10.9. The molecule has 302 valence electrons. The van der Waals surface area contributed by atoms with Crippen molar-refractivity contribution in [2.24, 2.45) is 0 Å². The molecule has 0 fully saturated rings. The number of hydrogen-bond acceptors (Lipinski definition) is 17. The van der Waals surface area contributed by atoms with Gasteiger partial charge in [-0.05, 0) is 56.9 Å². The van der Waals surface area contributed by atoms with Gasteiger partial charge in [-0.25, -0.2) is 14.5 Å². The van der Waals surface area contributed by atoms with Crippen LogP contribution in [0, 0.1) is 10.1 Å². The van der Waals surface area contributed by atoms with Crippen LogP contribution in [-0.4, -0.2) is 83.5 Å². The van der Waals surface area contributed by atoms with Crippen molar-refractivity contribution in [1.82, 2.24) is 39.5 Å². The third-order valence-electron chi connectivity index (χ3n) is 8.13. The van der Waals surface area contributed by atoms with Crippen molar-refractivity contribution in [2.45, 2.75) is 58.9 Å². The van der Waals surface area contributed by atoms with Gasteiger partial charge in [-0.2, -0.15) is 19.9 Å². The van der Waals surface area contributed by atoms with E-state index in [0.717, 1.165) is 35.6 Å². The molecule has 7 heterocycles. The third kappa shape index (κ3) is 14.8. The van der Waals surface area contributed by atoms with Gasteiger partial charge in [-0.3, -0.25) is 24.6 Å². The van der Waals surface area contributed by atoms with Crippen molar-refractivity contribution in [2.75, 3.05) is 49.4 Å². The van der Waals surface area contributed by atoms with Gasteiger partial charge in [0.05, 0.1) is 73.8 Å². The van der Waals surface area contributed by atoms with E-state index in [1.54, 1.807) is 25.1 Å². The number of carbonyl (C=O) groups is 1. The number of imidazole rings is 1. The summed E-state index contributed by atoms with van der Waals surface area (Å²) < 4.78 is 28.9. The zero-order chi connectivity index (χ0) is 38.7. The molecule has 21 nitrogen and oxygen atoms in total. The first-order valence-corrected chi connectivity index (χ1v) is 17.5. The Balaban J connectivity index is 0.000000385. The van der Waals surface area contributed by atoms with Crippen LogP contribution >= 0.6 is 0 Å². The van der Waals surface area contributed by atoms with Crippen LogP contribution in [0.1, 0.15) is 55.4 Å². The molecule has 2 aliphatic rings. The van der Waals surface area contributed by atoms with Gasteiger partial charge in [0.25, 0.3) is 0 Å². The largest absolute Gasteiger partial charge is 0.463 e. The number of nitro groups is 1. The number of hydrogen-bond donors (Lipinski definition) is 3. The molecule has 0 saturated carbocycles. The van der Waals surface area contributed by atoms with E-state index in [2.05, 4.69) is 34.9 Å². The van der Waals surface area contributed by atoms with Gasteiger partial charge in [0.2, 0.25) is 11.6 Å². The van der Waals surface area contributed by atoms with Crippen molar-refractivity contribution < 1.29 is 164 Å². The maximum atomic E-state index is 12.7. The molecular weight excluding hydrogens is 1080 g/mol. The number of aromatic nitrogens is 8. The fourth-order valence-electron chi connectivity index (χ4n) is 5.55. The number of anilines is 3. The number of nitrogens with one attached hydrogen (secondary N) is 1. The average Bonchev–Trinajstić information content (AvgIpc) is 3.47. The van der Waals surface area contributed by atoms with Crippen LogP contribution in [0.15, 0.2) is 41.2 Å². The maximum Gasteiger partial charge on any atom is 0.416 e. The van der Waals surface area contributed by atoms with Gasteiger partial charge in [0.15, 0.2) is 11.5 Å². The van der Waals surface area contributed by atoms with Crippen LogP contribution in [0.5, 0.6) is 12.0 Å². The summed E-state index contributed by atoms with van der Waals surface area (Å²) in [7, 11) is 0. The Morgan fingerprint density at radius 1 is 0.780 bits per heavy atom. The molecule has 5 N–H and O–H groups in total. The number of H-pyrrole nitrogens is 1. The van der Waals surface area contributed by atoms with Crippen LogP contribution < -0.4 is 31.5 Å². The van der Waals surface area contributed by atoms with Gasteiger partial charge in [-0.15, -0.1) is 0 Å². The fraction of sp³-hybridized carbons (Fsp3) is 0.412. The van der Waals surface area contributed by atoms with Crippen LogP contribution in [0.2, 0.25) is 0 Å². The number of nitrogen functional groups attached to an aromatic ring is 2. The summed E-state index contributed by atoms with van der Waals surface area (Å²) in [6.45, 7) is 4.40. The predicted molar refractivity (Wildman–Crippen MR) is 195 cm³/mol. The van der Waals surface area contributed by atoms with E-state index in [1.807, 2.05) is 18.2 Å². The minimum absolute atomic E-state index is 0. The zero-order valence-electron chi connectivity index (χ0n) is 32.3. The smallest absolute Gasteiger partial charge is 0.416 e. The Labute approximate surface area is 438 Å². The number of pyridine rings is 2. The van der Waals surface area contributed by atoms with Gasteiger partial charge in [-0.1, -0.05) is 12.1 Å². The first-order chi connectivity index (χ1) is 26.7. The molecule has 0 unspecified atom stereocenters. The molecule has 0 saturated heterocycles. The molecule has 5 aromatic heterocycles. The van der Waals surface area contributed by atoms with E-state index in [4.69, 9.17) is 35.2 Å². The topological polar surface area (TPSA) is 277 Å².